The Morgan fingerprint density at radius 1 is 1.42 bits per heavy atom. The van der Waals surface area contributed by atoms with Gasteiger partial charge in [-0.15, -0.1) is 0 Å². The van der Waals surface area contributed by atoms with Crippen molar-refractivity contribution >= 4 is 28.9 Å². The van der Waals surface area contributed by atoms with Crippen LogP contribution in [0.25, 0.3) is 0 Å². The molecule has 2 N–H and O–H groups in total. The van der Waals surface area contributed by atoms with Gasteiger partial charge in [-0.25, -0.2) is 0 Å². The van der Waals surface area contributed by atoms with Crippen LogP contribution in [0, 0.1) is 0 Å². The number of furan rings is 1. The van der Waals surface area contributed by atoms with Gasteiger partial charge in [0.1, 0.15) is 5.76 Å². The minimum atomic E-state index is -0.167. The number of amides is 1. The Bertz CT molecular complexity index is 607. The fraction of sp³-hybridized carbons (Fsp3) is 0.214. The highest BCUT2D eigenvalue weighted by atomic mass is 35.5. The highest BCUT2D eigenvalue weighted by molar-refractivity contribution is 6.31. The molecule has 1 aromatic carbocycles. The van der Waals surface area contributed by atoms with Crippen molar-refractivity contribution in [1.82, 2.24) is 0 Å². The maximum absolute atomic E-state index is 12.4. The van der Waals surface area contributed by atoms with Crippen molar-refractivity contribution in [3.63, 3.8) is 0 Å². The third kappa shape index (κ3) is 2.58. The molecule has 0 atom stereocenters. The van der Waals surface area contributed by atoms with E-state index in [2.05, 4.69) is 0 Å². The summed E-state index contributed by atoms with van der Waals surface area (Å²) in [5.41, 5.74) is 7.51. The number of nitrogen functional groups attached to an aromatic ring is 1. The van der Waals surface area contributed by atoms with E-state index in [1.165, 1.54) is 11.2 Å². The average molecular weight is 279 g/mol. The van der Waals surface area contributed by atoms with Crippen molar-refractivity contribution in [1.29, 1.82) is 0 Å². The third-order valence-electron chi connectivity index (χ3n) is 2.96. The van der Waals surface area contributed by atoms with Crippen molar-refractivity contribution in [3.8, 4) is 0 Å². The van der Waals surface area contributed by atoms with Crippen LogP contribution >= 0.6 is 11.6 Å². The SMILES string of the molecule is CCc1occc1C(=O)N(C)c1cc(Cl)ccc1N. The molecule has 19 heavy (non-hydrogen) atoms. The lowest BCUT2D eigenvalue weighted by molar-refractivity contribution is 0.0991. The number of anilines is 2. The molecule has 2 aromatic rings. The zero-order valence-electron chi connectivity index (χ0n) is 10.8. The van der Waals surface area contributed by atoms with Gasteiger partial charge < -0.3 is 15.1 Å². The molecule has 1 amide bonds. The molecule has 5 heteroatoms. The quantitative estimate of drug-likeness (QED) is 0.876. The van der Waals surface area contributed by atoms with Gasteiger partial charge in [0, 0.05) is 18.5 Å². The Morgan fingerprint density at radius 3 is 2.84 bits per heavy atom. The summed E-state index contributed by atoms with van der Waals surface area (Å²) in [6, 6.07) is 6.70. The van der Waals surface area contributed by atoms with Crippen LogP contribution in [-0.4, -0.2) is 13.0 Å². The molecular formula is C14H15ClN2O2. The smallest absolute Gasteiger partial charge is 0.261 e. The number of nitrogens with zero attached hydrogens (tertiary/aromatic N) is 1. The van der Waals surface area contributed by atoms with Crippen molar-refractivity contribution in [2.24, 2.45) is 0 Å². The van der Waals surface area contributed by atoms with E-state index < -0.39 is 0 Å². The van der Waals surface area contributed by atoms with Crippen LogP contribution in [0.5, 0.6) is 0 Å². The predicted molar refractivity (Wildman–Crippen MR) is 76.7 cm³/mol. The van der Waals surface area contributed by atoms with Crippen LogP contribution < -0.4 is 10.6 Å². The van der Waals surface area contributed by atoms with Crippen LogP contribution in [0.1, 0.15) is 23.0 Å². The summed E-state index contributed by atoms with van der Waals surface area (Å²) in [5.74, 6) is 0.497. The molecule has 1 aromatic heterocycles. The van der Waals surface area contributed by atoms with Gasteiger partial charge in [-0.3, -0.25) is 4.79 Å². The Balaban J connectivity index is 2.36. The summed E-state index contributed by atoms with van der Waals surface area (Å²) < 4.78 is 5.27. The Hall–Kier alpha value is -1.94. The summed E-state index contributed by atoms with van der Waals surface area (Å²) in [6.45, 7) is 1.93. The first-order valence-corrected chi connectivity index (χ1v) is 6.31. The van der Waals surface area contributed by atoms with E-state index in [-0.39, 0.29) is 5.91 Å². The van der Waals surface area contributed by atoms with E-state index >= 15 is 0 Å². The number of halogens is 1. The molecule has 1 heterocycles. The van der Waals surface area contributed by atoms with Crippen LogP contribution in [-0.2, 0) is 6.42 Å². The van der Waals surface area contributed by atoms with Crippen LogP contribution in [0.4, 0.5) is 11.4 Å². The highest BCUT2D eigenvalue weighted by Crippen LogP contribution is 2.27. The van der Waals surface area contributed by atoms with Gasteiger partial charge in [0.2, 0.25) is 0 Å². The highest BCUT2D eigenvalue weighted by Gasteiger charge is 2.20. The first kappa shape index (κ1) is 13.5. The van der Waals surface area contributed by atoms with E-state index in [1.54, 1.807) is 31.3 Å². The molecule has 0 bridgehead atoms. The lowest BCUT2D eigenvalue weighted by Gasteiger charge is -2.19. The van der Waals surface area contributed by atoms with Gasteiger partial charge >= 0.3 is 0 Å². The summed E-state index contributed by atoms with van der Waals surface area (Å²) in [4.78, 5) is 13.9. The number of carbonyl (C=O) groups excluding carboxylic acids is 1. The Kier molecular flexibility index (Phi) is 3.81. The molecule has 0 saturated heterocycles. The molecule has 0 aliphatic rings. The topological polar surface area (TPSA) is 59.5 Å². The number of rotatable bonds is 3. The van der Waals surface area contributed by atoms with Gasteiger partial charge in [-0.05, 0) is 24.3 Å². The average Bonchev–Trinajstić information content (AvgIpc) is 2.88. The number of nitrogens with two attached hydrogens (primary N) is 1. The lowest BCUT2D eigenvalue weighted by Crippen LogP contribution is -2.27. The molecule has 0 fully saturated rings. The van der Waals surface area contributed by atoms with Crippen LogP contribution in [0.2, 0.25) is 5.02 Å². The normalized spacial score (nSPS) is 10.5. The molecule has 4 nitrogen and oxygen atoms in total. The minimum absolute atomic E-state index is 0.167. The number of benzene rings is 1. The maximum atomic E-state index is 12.4. The number of hydrogen-bond donors (Lipinski definition) is 1. The second kappa shape index (κ2) is 5.36. The molecular weight excluding hydrogens is 264 g/mol. The summed E-state index contributed by atoms with van der Waals surface area (Å²) >= 11 is 5.94. The number of aryl methyl sites for hydroxylation is 1. The summed E-state index contributed by atoms with van der Waals surface area (Å²) in [6.07, 6.45) is 2.17. The van der Waals surface area contributed by atoms with Crippen molar-refractivity contribution < 1.29 is 9.21 Å². The zero-order chi connectivity index (χ0) is 14.0. The fourth-order valence-electron chi connectivity index (χ4n) is 1.90. The van der Waals surface area contributed by atoms with E-state index in [4.69, 9.17) is 21.8 Å². The summed E-state index contributed by atoms with van der Waals surface area (Å²) in [7, 11) is 1.66. The van der Waals surface area contributed by atoms with Crippen molar-refractivity contribution in [3.05, 3.63) is 46.9 Å². The Morgan fingerprint density at radius 2 is 2.16 bits per heavy atom. The first-order chi connectivity index (χ1) is 9.04. The van der Waals surface area contributed by atoms with E-state index in [0.29, 0.717) is 34.1 Å². The first-order valence-electron chi connectivity index (χ1n) is 5.94. The number of hydrogen-bond acceptors (Lipinski definition) is 3. The van der Waals surface area contributed by atoms with E-state index in [0.717, 1.165) is 0 Å². The zero-order valence-corrected chi connectivity index (χ0v) is 11.6. The Labute approximate surface area is 116 Å². The van der Waals surface area contributed by atoms with Crippen molar-refractivity contribution in [2.75, 3.05) is 17.7 Å². The van der Waals surface area contributed by atoms with E-state index in [1.807, 2.05) is 6.92 Å². The van der Waals surface area contributed by atoms with Gasteiger partial charge in [0.05, 0.1) is 23.2 Å². The molecule has 0 aliphatic carbocycles. The minimum Gasteiger partial charge on any atom is -0.469 e. The van der Waals surface area contributed by atoms with Crippen LogP contribution in [0.15, 0.2) is 34.9 Å². The number of carbonyl (C=O) groups is 1. The molecule has 0 unspecified atom stereocenters. The van der Waals surface area contributed by atoms with Gasteiger partial charge in [0.15, 0.2) is 0 Å². The maximum Gasteiger partial charge on any atom is 0.261 e. The van der Waals surface area contributed by atoms with Crippen LogP contribution in [0.3, 0.4) is 0 Å². The molecule has 0 radical (unpaired) electrons. The molecule has 100 valence electrons. The van der Waals surface area contributed by atoms with Gasteiger partial charge in [-0.2, -0.15) is 0 Å². The van der Waals surface area contributed by atoms with Gasteiger partial charge in [0.25, 0.3) is 5.91 Å². The van der Waals surface area contributed by atoms with Crippen molar-refractivity contribution in [2.45, 2.75) is 13.3 Å². The predicted octanol–water partition coefficient (Wildman–Crippen LogP) is 3.35. The molecule has 2 rings (SSSR count). The third-order valence-corrected chi connectivity index (χ3v) is 3.19. The monoisotopic (exact) mass is 278 g/mol. The van der Waals surface area contributed by atoms with Gasteiger partial charge in [-0.1, -0.05) is 18.5 Å². The van der Waals surface area contributed by atoms with E-state index in [9.17, 15) is 4.79 Å². The fourth-order valence-corrected chi connectivity index (χ4v) is 2.07. The second-order valence-electron chi connectivity index (χ2n) is 4.18. The molecule has 0 saturated carbocycles. The molecule has 0 spiro atoms. The summed E-state index contributed by atoms with van der Waals surface area (Å²) in [5, 5.41) is 0.534. The second-order valence-corrected chi connectivity index (χ2v) is 4.61. The largest absolute Gasteiger partial charge is 0.469 e. The molecule has 0 aliphatic heterocycles. The standard InChI is InChI=1S/C14H15ClN2O2/c1-3-13-10(6-7-19-13)14(18)17(2)12-8-9(15)4-5-11(12)16/h4-8H,3,16H2,1-2H3. The lowest BCUT2D eigenvalue weighted by atomic mass is 10.1.